The molecule has 3 rings (SSSR count). The fraction of sp³-hybridized carbons (Fsp3) is 0.0952. The molecular formula is C21H18N4O2. The van der Waals surface area contributed by atoms with Gasteiger partial charge in [0.05, 0.1) is 24.4 Å². The van der Waals surface area contributed by atoms with Crippen LogP contribution in [0.3, 0.4) is 0 Å². The molecule has 0 saturated heterocycles. The van der Waals surface area contributed by atoms with E-state index >= 15 is 0 Å². The number of aryl methyl sites for hydroxylation is 1. The minimum absolute atomic E-state index is 0.264. The summed E-state index contributed by atoms with van der Waals surface area (Å²) in [6.07, 6.45) is 1.55. The highest BCUT2D eigenvalue weighted by atomic mass is 16.5. The maximum absolute atomic E-state index is 12.6. The van der Waals surface area contributed by atoms with E-state index in [1.165, 1.54) is 0 Å². The molecule has 2 N–H and O–H groups in total. The topological polar surface area (TPSA) is 87.0 Å². The van der Waals surface area contributed by atoms with E-state index in [4.69, 9.17) is 10.00 Å². The first kappa shape index (κ1) is 18.0. The Balaban J connectivity index is 1.80. The standard InChI is InChI=1S/C21H18N4O2/c1-14-6-7-20(27-2)18(10-14)25-21(26)19-12-17(8-9-23-19)24-16-5-3-4-15(11-16)13-22/h3-12H,1-2H3,(H,23,24)(H,25,26). The van der Waals surface area contributed by atoms with Crippen LogP contribution in [0, 0.1) is 18.3 Å². The van der Waals surface area contributed by atoms with Crippen molar-refractivity contribution in [2.75, 3.05) is 17.7 Å². The largest absolute Gasteiger partial charge is 0.495 e. The van der Waals surface area contributed by atoms with Crippen molar-refractivity contribution in [1.82, 2.24) is 4.98 Å². The quantitative estimate of drug-likeness (QED) is 0.711. The second kappa shape index (κ2) is 8.02. The number of carbonyl (C=O) groups is 1. The Morgan fingerprint density at radius 1 is 1.11 bits per heavy atom. The molecule has 1 amide bonds. The molecule has 6 nitrogen and oxygen atoms in total. The van der Waals surface area contributed by atoms with E-state index in [1.807, 2.05) is 25.1 Å². The molecular weight excluding hydrogens is 340 g/mol. The highest BCUT2D eigenvalue weighted by Gasteiger charge is 2.12. The lowest BCUT2D eigenvalue weighted by Gasteiger charge is -2.12. The van der Waals surface area contributed by atoms with Crippen LogP contribution < -0.4 is 15.4 Å². The molecule has 2 aromatic carbocycles. The lowest BCUT2D eigenvalue weighted by Crippen LogP contribution is -2.14. The van der Waals surface area contributed by atoms with Crippen molar-refractivity contribution in [3.8, 4) is 11.8 Å². The highest BCUT2D eigenvalue weighted by molar-refractivity contribution is 6.04. The Hall–Kier alpha value is -3.85. The van der Waals surface area contributed by atoms with E-state index in [0.29, 0.717) is 22.7 Å². The van der Waals surface area contributed by atoms with Crippen molar-refractivity contribution >= 4 is 23.0 Å². The Labute approximate surface area is 157 Å². The zero-order valence-corrected chi connectivity index (χ0v) is 15.0. The molecule has 0 spiro atoms. The Morgan fingerprint density at radius 3 is 2.70 bits per heavy atom. The first-order valence-electron chi connectivity index (χ1n) is 8.28. The summed E-state index contributed by atoms with van der Waals surface area (Å²) in [5.41, 5.74) is 3.86. The number of nitriles is 1. The van der Waals surface area contributed by atoms with Crippen LogP contribution in [0.2, 0.25) is 0 Å². The van der Waals surface area contributed by atoms with Gasteiger partial charge in [-0.15, -0.1) is 0 Å². The van der Waals surface area contributed by atoms with Gasteiger partial charge in [-0.05, 0) is 55.0 Å². The smallest absolute Gasteiger partial charge is 0.274 e. The summed E-state index contributed by atoms with van der Waals surface area (Å²) < 4.78 is 5.29. The molecule has 1 heterocycles. The Kier molecular flexibility index (Phi) is 5.33. The average Bonchev–Trinajstić information content (AvgIpc) is 2.68. The molecule has 0 aliphatic heterocycles. The molecule has 3 aromatic rings. The third-order valence-electron chi connectivity index (χ3n) is 3.88. The van der Waals surface area contributed by atoms with E-state index in [9.17, 15) is 4.79 Å². The van der Waals surface area contributed by atoms with Crippen molar-refractivity contribution in [2.24, 2.45) is 0 Å². The molecule has 0 bridgehead atoms. The number of hydrogen-bond acceptors (Lipinski definition) is 5. The summed E-state index contributed by atoms with van der Waals surface area (Å²) in [6, 6.07) is 18.2. The molecule has 27 heavy (non-hydrogen) atoms. The van der Waals surface area contributed by atoms with Crippen LogP contribution in [0.5, 0.6) is 5.75 Å². The number of aromatic nitrogens is 1. The van der Waals surface area contributed by atoms with Gasteiger partial charge in [0.2, 0.25) is 0 Å². The molecule has 0 aliphatic rings. The molecule has 0 unspecified atom stereocenters. The molecule has 0 fully saturated rings. The van der Waals surface area contributed by atoms with Gasteiger partial charge in [-0.1, -0.05) is 12.1 Å². The summed E-state index contributed by atoms with van der Waals surface area (Å²) in [5.74, 6) is 0.241. The SMILES string of the molecule is COc1ccc(C)cc1NC(=O)c1cc(Nc2cccc(C#N)c2)ccn1. The maximum Gasteiger partial charge on any atom is 0.274 e. The van der Waals surface area contributed by atoms with Crippen LogP contribution in [0.15, 0.2) is 60.8 Å². The number of methoxy groups -OCH3 is 1. The molecule has 0 radical (unpaired) electrons. The summed E-state index contributed by atoms with van der Waals surface area (Å²) in [4.78, 5) is 16.7. The molecule has 1 aromatic heterocycles. The minimum Gasteiger partial charge on any atom is -0.495 e. The highest BCUT2D eigenvalue weighted by Crippen LogP contribution is 2.26. The zero-order chi connectivity index (χ0) is 19.2. The van der Waals surface area contributed by atoms with Gasteiger partial charge in [-0.25, -0.2) is 0 Å². The van der Waals surface area contributed by atoms with Crippen LogP contribution in [-0.2, 0) is 0 Å². The van der Waals surface area contributed by atoms with Crippen molar-refractivity contribution in [1.29, 1.82) is 5.26 Å². The van der Waals surface area contributed by atoms with Crippen LogP contribution >= 0.6 is 0 Å². The third-order valence-corrected chi connectivity index (χ3v) is 3.88. The first-order valence-corrected chi connectivity index (χ1v) is 8.28. The monoisotopic (exact) mass is 358 g/mol. The van der Waals surface area contributed by atoms with Gasteiger partial charge < -0.3 is 15.4 Å². The number of nitrogens with one attached hydrogen (secondary N) is 2. The number of benzene rings is 2. The molecule has 6 heteroatoms. The van der Waals surface area contributed by atoms with Gasteiger partial charge >= 0.3 is 0 Å². The van der Waals surface area contributed by atoms with Crippen molar-refractivity contribution < 1.29 is 9.53 Å². The summed E-state index contributed by atoms with van der Waals surface area (Å²) in [6.45, 7) is 1.94. The maximum atomic E-state index is 12.6. The van der Waals surface area contributed by atoms with E-state index < -0.39 is 0 Å². The second-order valence-corrected chi connectivity index (χ2v) is 5.91. The predicted molar refractivity (Wildman–Crippen MR) is 104 cm³/mol. The van der Waals surface area contributed by atoms with Gasteiger partial charge in [0.25, 0.3) is 5.91 Å². The van der Waals surface area contributed by atoms with E-state index in [2.05, 4.69) is 21.7 Å². The van der Waals surface area contributed by atoms with E-state index in [1.54, 1.807) is 49.7 Å². The zero-order valence-electron chi connectivity index (χ0n) is 15.0. The van der Waals surface area contributed by atoms with E-state index in [0.717, 1.165) is 11.3 Å². The van der Waals surface area contributed by atoms with Gasteiger partial charge in [0.1, 0.15) is 11.4 Å². The number of pyridine rings is 1. The normalized spacial score (nSPS) is 9.96. The second-order valence-electron chi connectivity index (χ2n) is 5.91. The summed E-state index contributed by atoms with van der Waals surface area (Å²) in [5, 5.41) is 15.0. The fourth-order valence-corrected chi connectivity index (χ4v) is 2.57. The molecule has 134 valence electrons. The number of hydrogen-bond donors (Lipinski definition) is 2. The first-order chi connectivity index (χ1) is 13.1. The number of amides is 1. The summed E-state index contributed by atoms with van der Waals surface area (Å²) in [7, 11) is 1.55. The van der Waals surface area contributed by atoms with Crippen molar-refractivity contribution in [2.45, 2.75) is 6.92 Å². The van der Waals surface area contributed by atoms with Crippen LogP contribution in [0.25, 0.3) is 0 Å². The van der Waals surface area contributed by atoms with Crippen molar-refractivity contribution in [3.05, 3.63) is 77.6 Å². The van der Waals surface area contributed by atoms with Crippen molar-refractivity contribution in [3.63, 3.8) is 0 Å². The predicted octanol–water partition coefficient (Wildman–Crippen LogP) is 4.27. The lowest BCUT2D eigenvalue weighted by molar-refractivity contribution is 0.102. The van der Waals surface area contributed by atoms with Gasteiger partial charge in [0.15, 0.2) is 0 Å². The fourth-order valence-electron chi connectivity index (χ4n) is 2.57. The Morgan fingerprint density at radius 2 is 1.93 bits per heavy atom. The molecule has 0 atom stereocenters. The van der Waals surface area contributed by atoms with Crippen LogP contribution in [-0.4, -0.2) is 18.0 Å². The van der Waals surface area contributed by atoms with Crippen LogP contribution in [0.4, 0.5) is 17.1 Å². The average molecular weight is 358 g/mol. The summed E-state index contributed by atoms with van der Waals surface area (Å²) >= 11 is 0. The van der Waals surface area contributed by atoms with Gasteiger partial charge in [-0.2, -0.15) is 5.26 Å². The lowest BCUT2D eigenvalue weighted by atomic mass is 10.2. The minimum atomic E-state index is -0.340. The number of ether oxygens (including phenoxy) is 1. The Bertz CT molecular complexity index is 1020. The molecule has 0 saturated carbocycles. The number of carbonyl (C=O) groups excluding carboxylic acids is 1. The van der Waals surface area contributed by atoms with Crippen LogP contribution in [0.1, 0.15) is 21.6 Å². The number of nitrogens with zero attached hydrogens (tertiary/aromatic N) is 2. The van der Waals surface area contributed by atoms with Gasteiger partial charge in [0, 0.05) is 17.6 Å². The third kappa shape index (κ3) is 4.41. The van der Waals surface area contributed by atoms with E-state index in [-0.39, 0.29) is 11.6 Å². The number of anilines is 3. The molecule has 0 aliphatic carbocycles. The number of rotatable bonds is 5. The van der Waals surface area contributed by atoms with Gasteiger partial charge in [-0.3, -0.25) is 9.78 Å².